The summed E-state index contributed by atoms with van der Waals surface area (Å²) in [5.74, 6) is 0.911. The van der Waals surface area contributed by atoms with Gasteiger partial charge in [-0.15, -0.1) is 11.3 Å². The molecule has 0 amide bonds. The molecule has 1 N–H and O–H groups in total. The van der Waals surface area contributed by atoms with Gasteiger partial charge in [-0.2, -0.15) is 0 Å². The van der Waals surface area contributed by atoms with Crippen molar-refractivity contribution in [3.8, 4) is 5.75 Å². The number of nitrogens with zero attached hydrogens (tertiary/aromatic N) is 1. The van der Waals surface area contributed by atoms with Crippen LogP contribution in [0.5, 0.6) is 5.75 Å². The number of ether oxygens (including phenoxy) is 2. The first-order valence-corrected chi connectivity index (χ1v) is 7.83. The molecule has 1 aromatic heterocycles. The van der Waals surface area contributed by atoms with Crippen molar-refractivity contribution in [1.82, 2.24) is 10.3 Å². The van der Waals surface area contributed by atoms with Gasteiger partial charge in [0.1, 0.15) is 10.8 Å². The highest BCUT2D eigenvalue weighted by molar-refractivity contribution is 7.09. The molecule has 0 saturated heterocycles. The van der Waals surface area contributed by atoms with Crippen LogP contribution in [0.25, 0.3) is 0 Å². The molecule has 1 heterocycles. The van der Waals surface area contributed by atoms with Crippen molar-refractivity contribution in [1.29, 1.82) is 0 Å². The maximum Gasteiger partial charge on any atom is 0.122 e. The molecule has 1 atom stereocenters. The zero-order chi connectivity index (χ0) is 15.1. The molecule has 0 aliphatic rings. The van der Waals surface area contributed by atoms with E-state index in [0.29, 0.717) is 6.61 Å². The van der Waals surface area contributed by atoms with Crippen LogP contribution < -0.4 is 10.1 Å². The third-order valence-corrected chi connectivity index (χ3v) is 4.50. The van der Waals surface area contributed by atoms with Crippen LogP contribution in [0.2, 0.25) is 0 Å². The van der Waals surface area contributed by atoms with Crippen molar-refractivity contribution in [2.24, 2.45) is 0 Å². The summed E-state index contributed by atoms with van der Waals surface area (Å²) in [4.78, 5) is 4.49. The van der Waals surface area contributed by atoms with E-state index in [4.69, 9.17) is 9.47 Å². The Hall–Kier alpha value is -1.43. The summed E-state index contributed by atoms with van der Waals surface area (Å²) >= 11 is 1.67. The molecule has 0 bridgehead atoms. The first-order valence-electron chi connectivity index (χ1n) is 6.95. The van der Waals surface area contributed by atoms with Gasteiger partial charge in [-0.3, -0.25) is 0 Å². The molecule has 0 aliphatic carbocycles. The van der Waals surface area contributed by atoms with E-state index in [1.165, 1.54) is 5.56 Å². The van der Waals surface area contributed by atoms with E-state index >= 15 is 0 Å². The highest BCUT2D eigenvalue weighted by Crippen LogP contribution is 2.30. The third-order valence-electron chi connectivity index (χ3n) is 3.46. The number of aromatic nitrogens is 1. The number of hydrogen-bond acceptors (Lipinski definition) is 5. The van der Waals surface area contributed by atoms with Gasteiger partial charge in [-0.05, 0) is 18.6 Å². The molecular weight excluding hydrogens is 284 g/mol. The zero-order valence-electron chi connectivity index (χ0n) is 12.8. The summed E-state index contributed by atoms with van der Waals surface area (Å²) < 4.78 is 10.6. The number of benzene rings is 1. The quantitative estimate of drug-likeness (QED) is 0.762. The molecule has 0 saturated carbocycles. The van der Waals surface area contributed by atoms with E-state index in [1.54, 1.807) is 25.6 Å². The van der Waals surface area contributed by atoms with Crippen molar-refractivity contribution in [3.05, 3.63) is 46.4 Å². The highest BCUT2D eigenvalue weighted by Gasteiger charge is 2.30. The molecule has 21 heavy (non-hydrogen) atoms. The molecule has 5 heteroatoms. The molecule has 1 unspecified atom stereocenters. The summed E-state index contributed by atoms with van der Waals surface area (Å²) in [5, 5.41) is 6.65. The maximum atomic E-state index is 5.46. The van der Waals surface area contributed by atoms with Crippen molar-refractivity contribution in [3.63, 3.8) is 0 Å². The lowest BCUT2D eigenvalue weighted by Gasteiger charge is -2.29. The van der Waals surface area contributed by atoms with Gasteiger partial charge in [-0.25, -0.2) is 4.98 Å². The minimum Gasteiger partial charge on any atom is -0.496 e. The molecule has 0 spiro atoms. The Morgan fingerprint density at radius 2 is 2.10 bits per heavy atom. The molecule has 2 rings (SSSR count). The van der Waals surface area contributed by atoms with Crippen LogP contribution in [0, 0.1) is 0 Å². The van der Waals surface area contributed by atoms with Crippen LogP contribution in [-0.2, 0) is 16.7 Å². The molecule has 1 aromatic carbocycles. The first kappa shape index (κ1) is 15.9. The number of methoxy groups -OCH3 is 2. The van der Waals surface area contributed by atoms with Gasteiger partial charge in [0.25, 0.3) is 0 Å². The summed E-state index contributed by atoms with van der Waals surface area (Å²) in [6.45, 7) is 3.63. The van der Waals surface area contributed by atoms with E-state index in [9.17, 15) is 0 Å². The Labute approximate surface area is 130 Å². The normalized spacial score (nSPS) is 13.9. The molecule has 2 aromatic rings. The van der Waals surface area contributed by atoms with Gasteiger partial charge < -0.3 is 14.8 Å². The maximum absolute atomic E-state index is 5.46. The smallest absolute Gasteiger partial charge is 0.122 e. The zero-order valence-corrected chi connectivity index (χ0v) is 13.6. The number of hydrogen-bond donors (Lipinski definition) is 1. The van der Waals surface area contributed by atoms with Gasteiger partial charge in [0.05, 0.1) is 19.3 Å². The Kier molecular flexibility index (Phi) is 5.73. The summed E-state index contributed by atoms with van der Waals surface area (Å²) in [6, 6.07) is 8.12. The van der Waals surface area contributed by atoms with Crippen molar-refractivity contribution in [2.45, 2.75) is 18.9 Å². The van der Waals surface area contributed by atoms with Crippen molar-refractivity contribution >= 4 is 11.3 Å². The predicted molar refractivity (Wildman–Crippen MR) is 86.0 cm³/mol. The SMILES string of the molecule is COCCNC(C)(Cc1ccccc1OC)c1nccs1. The number of para-hydroxylation sites is 1. The van der Waals surface area contributed by atoms with E-state index in [1.807, 2.05) is 29.8 Å². The van der Waals surface area contributed by atoms with Gasteiger partial charge >= 0.3 is 0 Å². The fraction of sp³-hybridized carbons (Fsp3) is 0.438. The fourth-order valence-corrected chi connectivity index (χ4v) is 3.15. The van der Waals surface area contributed by atoms with Crippen LogP contribution >= 0.6 is 11.3 Å². The molecule has 0 aliphatic heterocycles. The van der Waals surface area contributed by atoms with Gasteiger partial charge in [0.15, 0.2) is 0 Å². The lowest BCUT2D eigenvalue weighted by Crippen LogP contribution is -2.43. The van der Waals surface area contributed by atoms with Crippen LogP contribution in [0.4, 0.5) is 0 Å². The van der Waals surface area contributed by atoms with Crippen LogP contribution in [-0.4, -0.2) is 32.4 Å². The van der Waals surface area contributed by atoms with Gasteiger partial charge in [0, 0.05) is 31.7 Å². The molecule has 0 radical (unpaired) electrons. The minimum atomic E-state index is -0.235. The van der Waals surface area contributed by atoms with E-state index in [-0.39, 0.29) is 5.54 Å². The summed E-state index contributed by atoms with van der Waals surface area (Å²) in [5.41, 5.74) is 0.934. The topological polar surface area (TPSA) is 43.4 Å². The van der Waals surface area contributed by atoms with Crippen LogP contribution in [0.3, 0.4) is 0 Å². The predicted octanol–water partition coefficient (Wildman–Crippen LogP) is 2.85. The average Bonchev–Trinajstić information content (AvgIpc) is 3.03. The minimum absolute atomic E-state index is 0.235. The van der Waals surface area contributed by atoms with E-state index in [0.717, 1.165) is 23.7 Å². The Morgan fingerprint density at radius 1 is 1.29 bits per heavy atom. The second kappa shape index (κ2) is 7.54. The second-order valence-corrected chi connectivity index (χ2v) is 5.97. The van der Waals surface area contributed by atoms with Crippen LogP contribution in [0.15, 0.2) is 35.8 Å². The fourth-order valence-electron chi connectivity index (χ4n) is 2.37. The largest absolute Gasteiger partial charge is 0.496 e. The summed E-state index contributed by atoms with van der Waals surface area (Å²) in [6.07, 6.45) is 2.66. The van der Waals surface area contributed by atoms with Gasteiger partial charge in [-0.1, -0.05) is 18.2 Å². The summed E-state index contributed by atoms with van der Waals surface area (Å²) in [7, 11) is 3.42. The molecular formula is C16H22N2O2S. The Morgan fingerprint density at radius 3 is 2.76 bits per heavy atom. The lowest BCUT2D eigenvalue weighted by molar-refractivity contribution is 0.185. The Balaban J connectivity index is 2.23. The van der Waals surface area contributed by atoms with E-state index < -0.39 is 0 Å². The number of thiazole rings is 1. The van der Waals surface area contributed by atoms with Crippen LogP contribution in [0.1, 0.15) is 17.5 Å². The number of rotatable bonds is 8. The standard InChI is InChI=1S/C16H22N2O2S/c1-16(18-8-10-19-2,15-17-9-11-21-15)12-13-6-4-5-7-14(13)20-3/h4-7,9,11,18H,8,10,12H2,1-3H3. The highest BCUT2D eigenvalue weighted by atomic mass is 32.1. The lowest BCUT2D eigenvalue weighted by atomic mass is 9.92. The number of nitrogens with one attached hydrogen (secondary N) is 1. The average molecular weight is 306 g/mol. The first-order chi connectivity index (χ1) is 10.2. The second-order valence-electron chi connectivity index (χ2n) is 5.08. The molecule has 0 fully saturated rings. The Bertz CT molecular complexity index is 545. The van der Waals surface area contributed by atoms with E-state index in [2.05, 4.69) is 23.3 Å². The third kappa shape index (κ3) is 4.03. The molecule has 114 valence electrons. The monoisotopic (exact) mass is 306 g/mol. The van der Waals surface area contributed by atoms with Crippen molar-refractivity contribution < 1.29 is 9.47 Å². The van der Waals surface area contributed by atoms with Gasteiger partial charge in [0.2, 0.25) is 0 Å². The van der Waals surface area contributed by atoms with Crippen molar-refractivity contribution in [2.75, 3.05) is 27.4 Å². The molecule has 4 nitrogen and oxygen atoms in total.